The minimum Gasteiger partial charge on any atom is -0.357 e. The normalized spacial score (nSPS) is 16.7. The Morgan fingerprint density at radius 1 is 1.11 bits per heavy atom. The summed E-state index contributed by atoms with van der Waals surface area (Å²) in [7, 11) is 0. The topological polar surface area (TPSA) is 19.0 Å². The van der Waals surface area contributed by atoms with E-state index in [1.54, 1.807) is 19.1 Å². The fourth-order valence-corrected chi connectivity index (χ4v) is 3.75. The Labute approximate surface area is 158 Å². The Morgan fingerprint density at radius 2 is 1.81 bits per heavy atom. The maximum Gasteiger partial charge on any atom is 0.132 e. The lowest BCUT2D eigenvalue weighted by Crippen LogP contribution is -2.38. The van der Waals surface area contributed by atoms with Crippen LogP contribution in [0.3, 0.4) is 0 Å². The fourth-order valence-electron chi connectivity index (χ4n) is 3.75. The third-order valence-electron chi connectivity index (χ3n) is 4.97. The first-order valence-electron chi connectivity index (χ1n) is 9.33. The second-order valence-corrected chi connectivity index (χ2v) is 7.21. The molecular formula is C22H25F3N2. The van der Waals surface area contributed by atoms with Crippen molar-refractivity contribution in [1.82, 2.24) is 9.88 Å². The number of benzene rings is 2. The number of aromatic nitrogens is 1. The van der Waals surface area contributed by atoms with Gasteiger partial charge >= 0.3 is 0 Å². The quantitative estimate of drug-likeness (QED) is 0.606. The number of H-pyrrole nitrogens is 1. The van der Waals surface area contributed by atoms with Crippen LogP contribution in [-0.2, 0) is 13.0 Å². The van der Waals surface area contributed by atoms with Gasteiger partial charge in [-0.15, -0.1) is 0 Å². The molecule has 1 aromatic heterocycles. The number of aromatic amines is 1. The molecule has 2 heterocycles. The summed E-state index contributed by atoms with van der Waals surface area (Å²) in [6.45, 7) is 8.11. The van der Waals surface area contributed by atoms with Crippen LogP contribution < -0.4 is 0 Å². The van der Waals surface area contributed by atoms with Crippen LogP contribution in [0.15, 0.2) is 36.4 Å². The molecule has 0 fully saturated rings. The molecule has 1 atom stereocenters. The minimum absolute atomic E-state index is 0.0962. The molecule has 0 radical (unpaired) electrons. The Morgan fingerprint density at radius 3 is 2.44 bits per heavy atom. The van der Waals surface area contributed by atoms with Crippen molar-refractivity contribution in [2.45, 2.75) is 46.2 Å². The van der Waals surface area contributed by atoms with E-state index in [4.69, 9.17) is 0 Å². The highest BCUT2D eigenvalue weighted by atomic mass is 19.1. The number of hydrogen-bond acceptors (Lipinski definition) is 1. The number of nitrogens with zero attached hydrogens (tertiary/aromatic N) is 1. The van der Waals surface area contributed by atoms with Gasteiger partial charge in [0.25, 0.3) is 0 Å². The fraction of sp³-hybridized carbons (Fsp3) is 0.364. The maximum atomic E-state index is 13.9. The molecule has 27 heavy (non-hydrogen) atoms. The van der Waals surface area contributed by atoms with Gasteiger partial charge in [0.1, 0.15) is 17.5 Å². The lowest BCUT2D eigenvalue weighted by molar-refractivity contribution is 0.183. The summed E-state index contributed by atoms with van der Waals surface area (Å²) in [5.41, 5.74) is 3.92. The summed E-state index contributed by atoms with van der Waals surface area (Å²) in [4.78, 5) is 5.85. The van der Waals surface area contributed by atoms with Gasteiger partial charge in [-0.1, -0.05) is 13.0 Å². The number of halogens is 3. The van der Waals surface area contributed by atoms with Crippen LogP contribution >= 0.6 is 0 Å². The summed E-state index contributed by atoms with van der Waals surface area (Å²) in [5, 5.41) is 0.801. The summed E-state index contributed by atoms with van der Waals surface area (Å²) in [6.07, 6.45) is 2.10. The van der Waals surface area contributed by atoms with Crippen molar-refractivity contribution in [2.24, 2.45) is 0 Å². The smallest absolute Gasteiger partial charge is 0.132 e. The van der Waals surface area contributed by atoms with Crippen LogP contribution in [0.25, 0.3) is 10.9 Å². The molecule has 1 aliphatic rings. The van der Waals surface area contributed by atoms with Crippen molar-refractivity contribution >= 4 is 10.9 Å². The van der Waals surface area contributed by atoms with Crippen molar-refractivity contribution < 1.29 is 13.2 Å². The molecule has 2 nitrogen and oxygen atoms in total. The van der Waals surface area contributed by atoms with Gasteiger partial charge in [-0.05, 0) is 68.6 Å². The van der Waals surface area contributed by atoms with Crippen molar-refractivity contribution in [3.8, 4) is 0 Å². The van der Waals surface area contributed by atoms with E-state index in [-0.39, 0.29) is 5.82 Å². The molecule has 5 heteroatoms. The Balaban J connectivity index is 0.000000197. The summed E-state index contributed by atoms with van der Waals surface area (Å²) < 4.78 is 38.3. The van der Waals surface area contributed by atoms with Crippen molar-refractivity contribution in [1.29, 1.82) is 0 Å². The van der Waals surface area contributed by atoms with Crippen LogP contribution in [0.1, 0.15) is 37.1 Å². The van der Waals surface area contributed by atoms with Gasteiger partial charge in [0.15, 0.2) is 0 Å². The van der Waals surface area contributed by atoms with E-state index < -0.39 is 11.6 Å². The van der Waals surface area contributed by atoms with Crippen LogP contribution in [0, 0.1) is 24.4 Å². The molecule has 1 aliphatic heterocycles. The van der Waals surface area contributed by atoms with Crippen LogP contribution in [-0.4, -0.2) is 22.5 Å². The molecule has 2 aromatic carbocycles. The van der Waals surface area contributed by atoms with Crippen molar-refractivity contribution in [2.75, 3.05) is 6.54 Å². The van der Waals surface area contributed by atoms with Gasteiger partial charge in [-0.3, -0.25) is 4.90 Å². The predicted molar refractivity (Wildman–Crippen MR) is 103 cm³/mol. The molecule has 0 aliphatic carbocycles. The standard InChI is InChI=1S/C15H19FN2.C7H6F2/c1-3-7-18-9-14-11(8-10(18)2)15-12(16)5-4-6-13(15)17-14;1-5-2-6(8)4-7(9)3-5/h4-6,10,17H,3,7-9H2,1-2H3;2-4H,1H3/t10-;/m1./s1. The van der Waals surface area contributed by atoms with Crippen molar-refractivity contribution in [3.63, 3.8) is 0 Å². The summed E-state index contributed by atoms with van der Waals surface area (Å²) in [5.74, 6) is -1.14. The maximum absolute atomic E-state index is 13.9. The predicted octanol–water partition coefficient (Wildman–Crippen LogP) is 5.74. The highest BCUT2D eigenvalue weighted by Crippen LogP contribution is 2.31. The Bertz CT molecular complexity index is 882. The van der Waals surface area contributed by atoms with E-state index in [9.17, 15) is 13.2 Å². The third kappa shape index (κ3) is 4.35. The van der Waals surface area contributed by atoms with Gasteiger partial charge in [0, 0.05) is 35.2 Å². The lowest BCUT2D eigenvalue weighted by atomic mass is 9.97. The number of rotatable bonds is 2. The highest BCUT2D eigenvalue weighted by molar-refractivity contribution is 5.85. The first-order chi connectivity index (χ1) is 12.9. The molecule has 0 saturated carbocycles. The van der Waals surface area contributed by atoms with Crippen LogP contribution in [0.4, 0.5) is 13.2 Å². The van der Waals surface area contributed by atoms with Gasteiger partial charge in [-0.2, -0.15) is 0 Å². The first-order valence-corrected chi connectivity index (χ1v) is 9.33. The Kier molecular flexibility index (Phi) is 5.90. The number of aryl methyl sites for hydroxylation is 1. The zero-order valence-corrected chi connectivity index (χ0v) is 16.0. The van der Waals surface area contributed by atoms with Gasteiger partial charge in [0.05, 0.1) is 0 Å². The minimum atomic E-state index is -0.521. The molecule has 3 aromatic rings. The van der Waals surface area contributed by atoms with E-state index in [0.29, 0.717) is 11.6 Å². The monoisotopic (exact) mass is 374 g/mol. The second-order valence-electron chi connectivity index (χ2n) is 7.21. The summed E-state index contributed by atoms with van der Waals surface area (Å²) in [6, 6.07) is 9.20. The highest BCUT2D eigenvalue weighted by Gasteiger charge is 2.26. The lowest BCUT2D eigenvalue weighted by Gasteiger charge is -2.33. The van der Waals surface area contributed by atoms with E-state index >= 15 is 0 Å². The number of hydrogen-bond donors (Lipinski definition) is 1. The largest absolute Gasteiger partial charge is 0.357 e. The third-order valence-corrected chi connectivity index (χ3v) is 4.97. The number of nitrogens with one attached hydrogen (secondary N) is 1. The molecule has 0 saturated heterocycles. The van der Waals surface area contributed by atoms with E-state index in [1.807, 2.05) is 6.07 Å². The SMILES string of the molecule is CCCN1Cc2[nH]c3cccc(F)c3c2C[C@H]1C.Cc1cc(F)cc(F)c1. The van der Waals surface area contributed by atoms with Gasteiger partial charge in [-0.25, -0.2) is 13.2 Å². The molecule has 0 amide bonds. The van der Waals surface area contributed by atoms with E-state index in [2.05, 4.69) is 23.7 Å². The average Bonchev–Trinajstić information content (AvgIpc) is 2.93. The zero-order valence-electron chi connectivity index (χ0n) is 16.0. The average molecular weight is 374 g/mol. The molecular weight excluding hydrogens is 349 g/mol. The molecule has 0 bridgehead atoms. The Hall–Kier alpha value is -2.27. The molecule has 1 N–H and O–H groups in total. The van der Waals surface area contributed by atoms with Crippen LogP contribution in [0.5, 0.6) is 0 Å². The molecule has 144 valence electrons. The van der Waals surface area contributed by atoms with Gasteiger partial charge < -0.3 is 4.98 Å². The van der Waals surface area contributed by atoms with E-state index in [1.165, 1.54) is 23.4 Å². The second kappa shape index (κ2) is 8.17. The zero-order chi connectivity index (χ0) is 19.6. The van der Waals surface area contributed by atoms with E-state index in [0.717, 1.165) is 42.9 Å². The van der Waals surface area contributed by atoms with Gasteiger partial charge in [0.2, 0.25) is 0 Å². The summed E-state index contributed by atoms with van der Waals surface area (Å²) >= 11 is 0. The van der Waals surface area contributed by atoms with Crippen molar-refractivity contribution in [3.05, 3.63) is 70.7 Å². The molecule has 0 unspecified atom stereocenters. The molecule has 0 spiro atoms. The first kappa shape index (κ1) is 19.5. The van der Waals surface area contributed by atoms with Crippen LogP contribution in [0.2, 0.25) is 0 Å². The molecule has 4 rings (SSSR count). The number of fused-ring (bicyclic) bond motifs is 3.